The van der Waals surface area contributed by atoms with Crippen molar-refractivity contribution in [2.45, 2.75) is 26.3 Å². The monoisotopic (exact) mass is 380 g/mol. The largest absolute Gasteiger partial charge is 0.345 e. The van der Waals surface area contributed by atoms with Crippen molar-refractivity contribution >= 4 is 33.2 Å². The van der Waals surface area contributed by atoms with Crippen LogP contribution in [0.3, 0.4) is 0 Å². The molecule has 7 heteroatoms. The highest BCUT2D eigenvalue weighted by molar-refractivity contribution is 7.92. The number of hydrogen-bond donors (Lipinski definition) is 2. The van der Waals surface area contributed by atoms with Crippen molar-refractivity contribution in [2.24, 2.45) is 0 Å². The average molecular weight is 381 g/mol. The Hall–Kier alpha value is -2.05. The average Bonchev–Trinajstić information content (AvgIpc) is 2.52. The van der Waals surface area contributed by atoms with Crippen LogP contribution in [0.4, 0.5) is 5.69 Å². The molecule has 2 aromatic rings. The van der Waals surface area contributed by atoms with Crippen molar-refractivity contribution in [1.82, 2.24) is 5.32 Å². The third kappa shape index (κ3) is 5.47. The molecule has 0 radical (unpaired) electrons. The number of nitrogens with one attached hydrogen (secondary N) is 2. The standard InChI is InChI=1S/C18H21ClN2O3S/c1-4-17(13-7-5-12(2)6-8-13)20-18(22)15-10-9-14(11-16(15)19)21-25(3,23)24/h5-11,17,21H,4H2,1-3H3,(H,20,22)/t17-/m0/s1. The normalized spacial score (nSPS) is 12.5. The van der Waals surface area contributed by atoms with E-state index in [1.54, 1.807) is 0 Å². The summed E-state index contributed by atoms with van der Waals surface area (Å²) in [5.74, 6) is -0.302. The number of sulfonamides is 1. The Kier molecular flexibility index (Phi) is 6.08. The maximum atomic E-state index is 12.5. The number of amides is 1. The van der Waals surface area contributed by atoms with Gasteiger partial charge in [0.25, 0.3) is 5.91 Å². The highest BCUT2D eigenvalue weighted by Gasteiger charge is 2.17. The first kappa shape index (κ1) is 19.3. The van der Waals surface area contributed by atoms with Crippen LogP contribution in [0.2, 0.25) is 5.02 Å². The Bertz CT molecular complexity index is 864. The third-order valence-electron chi connectivity index (χ3n) is 3.71. The Morgan fingerprint density at radius 3 is 2.32 bits per heavy atom. The van der Waals surface area contributed by atoms with Crippen molar-refractivity contribution in [3.8, 4) is 0 Å². The second kappa shape index (κ2) is 7.89. The lowest BCUT2D eigenvalue weighted by atomic mass is 10.0. The van der Waals surface area contributed by atoms with Gasteiger partial charge in [-0.05, 0) is 37.1 Å². The summed E-state index contributed by atoms with van der Waals surface area (Å²) in [6.07, 6.45) is 1.79. The smallest absolute Gasteiger partial charge is 0.253 e. The van der Waals surface area contributed by atoms with Crippen molar-refractivity contribution in [2.75, 3.05) is 11.0 Å². The zero-order valence-electron chi connectivity index (χ0n) is 14.3. The van der Waals surface area contributed by atoms with Crippen LogP contribution in [0.1, 0.15) is 40.9 Å². The molecule has 134 valence electrons. The molecule has 1 atom stereocenters. The number of halogens is 1. The fourth-order valence-electron chi connectivity index (χ4n) is 2.43. The number of carbonyl (C=O) groups excluding carboxylic acids is 1. The lowest BCUT2D eigenvalue weighted by Crippen LogP contribution is -2.28. The first-order chi connectivity index (χ1) is 11.7. The molecule has 0 spiro atoms. The molecule has 1 amide bonds. The van der Waals surface area contributed by atoms with Crippen LogP contribution < -0.4 is 10.0 Å². The van der Waals surface area contributed by atoms with Crippen molar-refractivity contribution < 1.29 is 13.2 Å². The Morgan fingerprint density at radius 2 is 1.80 bits per heavy atom. The van der Waals surface area contributed by atoms with Crippen LogP contribution in [0.15, 0.2) is 42.5 Å². The van der Waals surface area contributed by atoms with E-state index >= 15 is 0 Å². The van der Waals surface area contributed by atoms with E-state index in [2.05, 4.69) is 10.0 Å². The quantitative estimate of drug-likeness (QED) is 0.797. The first-order valence-corrected chi connectivity index (χ1v) is 10.1. The van der Waals surface area contributed by atoms with Gasteiger partial charge in [0.05, 0.1) is 22.9 Å². The molecule has 0 aliphatic heterocycles. The van der Waals surface area contributed by atoms with Crippen LogP contribution in [0, 0.1) is 6.92 Å². The van der Waals surface area contributed by atoms with Crippen molar-refractivity contribution in [3.05, 3.63) is 64.2 Å². The molecule has 0 fully saturated rings. The summed E-state index contributed by atoms with van der Waals surface area (Å²) >= 11 is 6.15. The highest BCUT2D eigenvalue weighted by atomic mass is 35.5. The Labute approximate surface area is 153 Å². The van der Waals surface area contributed by atoms with Gasteiger partial charge in [-0.15, -0.1) is 0 Å². The van der Waals surface area contributed by atoms with Gasteiger partial charge in [-0.25, -0.2) is 8.42 Å². The molecule has 5 nitrogen and oxygen atoms in total. The minimum Gasteiger partial charge on any atom is -0.345 e. The van der Waals surface area contributed by atoms with E-state index in [-0.39, 0.29) is 17.0 Å². The van der Waals surface area contributed by atoms with E-state index < -0.39 is 10.0 Å². The summed E-state index contributed by atoms with van der Waals surface area (Å²) in [5.41, 5.74) is 2.79. The van der Waals surface area contributed by atoms with Crippen molar-refractivity contribution in [3.63, 3.8) is 0 Å². The fraction of sp³-hybridized carbons (Fsp3) is 0.278. The van der Waals surface area contributed by atoms with Crippen LogP contribution in [0.5, 0.6) is 0 Å². The molecule has 0 saturated carbocycles. The van der Waals surface area contributed by atoms with Crippen LogP contribution in [-0.4, -0.2) is 20.6 Å². The van der Waals surface area contributed by atoms with Gasteiger partial charge in [0.2, 0.25) is 10.0 Å². The van der Waals surface area contributed by atoms with E-state index in [0.29, 0.717) is 11.3 Å². The van der Waals surface area contributed by atoms with Gasteiger partial charge < -0.3 is 5.32 Å². The molecule has 0 heterocycles. The van der Waals surface area contributed by atoms with Crippen molar-refractivity contribution in [1.29, 1.82) is 0 Å². The van der Waals surface area contributed by atoms with Crippen LogP contribution in [-0.2, 0) is 10.0 Å². The van der Waals surface area contributed by atoms with E-state index in [0.717, 1.165) is 23.8 Å². The zero-order valence-corrected chi connectivity index (χ0v) is 15.9. The maximum absolute atomic E-state index is 12.5. The second-order valence-corrected chi connectivity index (χ2v) is 8.07. The number of hydrogen-bond acceptors (Lipinski definition) is 3. The van der Waals surface area contributed by atoms with Gasteiger partial charge in [0, 0.05) is 5.69 Å². The molecule has 25 heavy (non-hydrogen) atoms. The minimum absolute atomic E-state index is 0.127. The zero-order chi connectivity index (χ0) is 18.6. The highest BCUT2D eigenvalue weighted by Crippen LogP contribution is 2.23. The SMILES string of the molecule is CC[C@H](NC(=O)c1ccc(NS(C)(=O)=O)cc1Cl)c1ccc(C)cc1. The van der Waals surface area contributed by atoms with E-state index in [1.165, 1.54) is 18.2 Å². The fourth-order valence-corrected chi connectivity index (χ4v) is 3.25. The van der Waals surface area contributed by atoms with Gasteiger partial charge in [-0.1, -0.05) is 48.4 Å². The third-order valence-corrected chi connectivity index (χ3v) is 4.63. The molecule has 0 aromatic heterocycles. The molecular formula is C18H21ClN2O3S. The molecule has 2 N–H and O–H groups in total. The van der Waals surface area contributed by atoms with Gasteiger partial charge in [0.1, 0.15) is 0 Å². The molecule has 0 saturated heterocycles. The predicted octanol–water partition coefficient (Wildman–Crippen LogP) is 3.90. The number of carbonyl (C=O) groups is 1. The summed E-state index contributed by atoms with van der Waals surface area (Å²) < 4.78 is 24.9. The molecule has 2 rings (SSSR count). The summed E-state index contributed by atoms with van der Waals surface area (Å²) in [4.78, 5) is 12.5. The molecule has 2 aromatic carbocycles. The van der Waals surface area contributed by atoms with Crippen LogP contribution >= 0.6 is 11.6 Å². The number of rotatable bonds is 6. The molecule has 0 bridgehead atoms. The molecule has 0 unspecified atom stereocenters. The Morgan fingerprint density at radius 1 is 1.16 bits per heavy atom. The summed E-state index contributed by atoms with van der Waals surface area (Å²) in [6.45, 7) is 4.00. The van der Waals surface area contributed by atoms with Crippen LogP contribution in [0.25, 0.3) is 0 Å². The van der Waals surface area contributed by atoms with Gasteiger partial charge in [-0.2, -0.15) is 0 Å². The Balaban J connectivity index is 2.17. The lowest BCUT2D eigenvalue weighted by molar-refractivity contribution is 0.0935. The molecule has 0 aliphatic rings. The minimum atomic E-state index is -3.40. The molecule has 0 aliphatic carbocycles. The van der Waals surface area contributed by atoms with E-state index in [9.17, 15) is 13.2 Å². The van der Waals surface area contributed by atoms with Gasteiger partial charge in [0.15, 0.2) is 0 Å². The van der Waals surface area contributed by atoms with E-state index in [4.69, 9.17) is 11.6 Å². The number of aryl methyl sites for hydroxylation is 1. The second-order valence-electron chi connectivity index (χ2n) is 5.91. The first-order valence-electron chi connectivity index (χ1n) is 7.84. The lowest BCUT2D eigenvalue weighted by Gasteiger charge is -2.18. The predicted molar refractivity (Wildman–Crippen MR) is 102 cm³/mol. The summed E-state index contributed by atoms with van der Waals surface area (Å²) in [7, 11) is -3.40. The van der Waals surface area contributed by atoms with E-state index in [1.807, 2.05) is 38.1 Å². The maximum Gasteiger partial charge on any atom is 0.253 e. The summed E-state index contributed by atoms with van der Waals surface area (Å²) in [6, 6.07) is 12.3. The molecular weight excluding hydrogens is 360 g/mol. The summed E-state index contributed by atoms with van der Waals surface area (Å²) in [5, 5.41) is 3.15. The van der Waals surface area contributed by atoms with Gasteiger partial charge in [-0.3, -0.25) is 9.52 Å². The van der Waals surface area contributed by atoms with Gasteiger partial charge >= 0.3 is 0 Å². The number of benzene rings is 2. The number of anilines is 1. The topological polar surface area (TPSA) is 75.3 Å².